The summed E-state index contributed by atoms with van der Waals surface area (Å²) in [5.74, 6) is 1.60. The summed E-state index contributed by atoms with van der Waals surface area (Å²) in [7, 11) is 0. The summed E-state index contributed by atoms with van der Waals surface area (Å²) in [6.07, 6.45) is 6.86. The summed E-state index contributed by atoms with van der Waals surface area (Å²) in [5.41, 5.74) is 3.51. The van der Waals surface area contributed by atoms with Gasteiger partial charge in [-0.25, -0.2) is 4.98 Å². The summed E-state index contributed by atoms with van der Waals surface area (Å²) in [4.78, 5) is 21.7. The first-order valence-electron chi connectivity index (χ1n) is 12.7. The van der Waals surface area contributed by atoms with Crippen molar-refractivity contribution in [2.45, 2.75) is 50.5 Å². The van der Waals surface area contributed by atoms with E-state index in [-0.39, 0.29) is 0 Å². The lowest BCUT2D eigenvalue weighted by Gasteiger charge is -2.39. The molecule has 4 heterocycles. The van der Waals surface area contributed by atoms with Gasteiger partial charge in [0.15, 0.2) is 0 Å². The summed E-state index contributed by atoms with van der Waals surface area (Å²) in [6, 6.07) is 13.7. The van der Waals surface area contributed by atoms with E-state index in [0.29, 0.717) is 11.8 Å². The molecule has 0 saturated carbocycles. The number of nitrogens with one attached hydrogen (secondary N) is 1. The molecule has 6 nitrogen and oxygen atoms in total. The van der Waals surface area contributed by atoms with Crippen LogP contribution in [0, 0.1) is 5.92 Å². The van der Waals surface area contributed by atoms with Crippen LogP contribution in [-0.2, 0) is 11.2 Å². The van der Waals surface area contributed by atoms with E-state index in [1.807, 2.05) is 30.3 Å². The average molecular weight is 449 g/mol. The van der Waals surface area contributed by atoms with Gasteiger partial charge in [0.2, 0.25) is 0 Å². The number of aliphatic carboxylic acids is 1. The SMILES string of the molecule is O=C(O)C(c1ccccc1)N1CCC(CN2CCC(c3ccc4c(n3)NCCC4)CC2)CC1. The minimum absolute atomic E-state index is 0.526. The van der Waals surface area contributed by atoms with Crippen LogP contribution in [0.3, 0.4) is 0 Å². The van der Waals surface area contributed by atoms with Crippen molar-refractivity contribution in [2.75, 3.05) is 44.6 Å². The lowest BCUT2D eigenvalue weighted by atomic mass is 9.90. The Bertz CT molecular complexity index is 934. The number of pyridine rings is 1. The Labute approximate surface area is 197 Å². The number of benzene rings is 1. The molecule has 0 spiro atoms. The van der Waals surface area contributed by atoms with Gasteiger partial charge >= 0.3 is 5.97 Å². The first-order valence-corrected chi connectivity index (χ1v) is 12.7. The quantitative estimate of drug-likeness (QED) is 0.692. The van der Waals surface area contributed by atoms with Crippen LogP contribution >= 0.6 is 0 Å². The number of rotatable bonds is 6. The number of likely N-dealkylation sites (tertiary alicyclic amines) is 2. The molecule has 0 amide bonds. The zero-order valence-corrected chi connectivity index (χ0v) is 19.5. The minimum atomic E-state index is -0.743. The highest BCUT2D eigenvalue weighted by molar-refractivity contribution is 5.75. The molecule has 0 bridgehead atoms. The number of piperidine rings is 2. The molecule has 33 heavy (non-hydrogen) atoms. The van der Waals surface area contributed by atoms with Gasteiger partial charge in [-0.2, -0.15) is 0 Å². The van der Waals surface area contributed by atoms with Gasteiger partial charge in [0.1, 0.15) is 11.9 Å². The second kappa shape index (κ2) is 10.2. The van der Waals surface area contributed by atoms with Crippen LogP contribution in [0.5, 0.6) is 0 Å². The van der Waals surface area contributed by atoms with Crippen molar-refractivity contribution < 1.29 is 9.90 Å². The molecule has 2 N–H and O–H groups in total. The van der Waals surface area contributed by atoms with E-state index in [1.165, 1.54) is 30.5 Å². The van der Waals surface area contributed by atoms with Crippen LogP contribution in [0.15, 0.2) is 42.5 Å². The molecular formula is C27H36N4O2. The van der Waals surface area contributed by atoms with Gasteiger partial charge < -0.3 is 15.3 Å². The minimum Gasteiger partial charge on any atom is -0.480 e. The van der Waals surface area contributed by atoms with E-state index in [2.05, 4.69) is 27.2 Å². The van der Waals surface area contributed by atoms with E-state index >= 15 is 0 Å². The molecule has 3 aliphatic heterocycles. The predicted octanol–water partition coefficient (Wildman–Crippen LogP) is 4.16. The molecule has 2 saturated heterocycles. The number of aromatic nitrogens is 1. The Balaban J connectivity index is 1.10. The summed E-state index contributed by atoms with van der Waals surface area (Å²) in [6.45, 7) is 6.18. The molecule has 1 aromatic heterocycles. The number of hydrogen-bond acceptors (Lipinski definition) is 5. The zero-order chi connectivity index (χ0) is 22.6. The van der Waals surface area contributed by atoms with Gasteiger partial charge in [0.25, 0.3) is 0 Å². The molecule has 2 aromatic rings. The number of carboxylic acid groups (broad SMARTS) is 1. The van der Waals surface area contributed by atoms with Gasteiger partial charge in [0.05, 0.1) is 0 Å². The Morgan fingerprint density at radius 2 is 1.79 bits per heavy atom. The van der Waals surface area contributed by atoms with Crippen LogP contribution in [-0.4, -0.2) is 65.1 Å². The highest BCUT2D eigenvalue weighted by Crippen LogP contribution is 2.32. The molecular weight excluding hydrogens is 412 g/mol. The second-order valence-corrected chi connectivity index (χ2v) is 9.98. The number of hydrogen-bond donors (Lipinski definition) is 2. The number of anilines is 1. The summed E-state index contributed by atoms with van der Waals surface area (Å²) in [5, 5.41) is 13.3. The van der Waals surface area contributed by atoms with Crippen LogP contribution in [0.4, 0.5) is 5.82 Å². The van der Waals surface area contributed by atoms with Crippen molar-refractivity contribution in [3.63, 3.8) is 0 Å². The maximum atomic E-state index is 12.0. The summed E-state index contributed by atoms with van der Waals surface area (Å²) >= 11 is 0. The molecule has 1 atom stereocenters. The van der Waals surface area contributed by atoms with Crippen LogP contribution in [0.1, 0.15) is 60.9 Å². The maximum absolute atomic E-state index is 12.0. The molecule has 3 aliphatic rings. The Morgan fingerprint density at radius 3 is 2.52 bits per heavy atom. The molecule has 1 unspecified atom stereocenters. The van der Waals surface area contributed by atoms with Crippen molar-refractivity contribution in [1.82, 2.24) is 14.8 Å². The fraction of sp³-hybridized carbons (Fsp3) is 0.556. The zero-order valence-electron chi connectivity index (χ0n) is 19.5. The third kappa shape index (κ3) is 5.22. The van der Waals surface area contributed by atoms with E-state index in [1.54, 1.807) is 0 Å². The first-order chi connectivity index (χ1) is 16.2. The van der Waals surface area contributed by atoms with Gasteiger partial charge in [0, 0.05) is 24.7 Å². The number of carbonyl (C=O) groups is 1. The van der Waals surface area contributed by atoms with Crippen molar-refractivity contribution in [3.05, 3.63) is 59.3 Å². The van der Waals surface area contributed by atoms with E-state index in [0.717, 1.165) is 69.9 Å². The third-order valence-electron chi connectivity index (χ3n) is 7.80. The smallest absolute Gasteiger partial charge is 0.325 e. The standard InChI is InChI=1S/C27H36N4O2/c32-27(33)25(22-5-2-1-3-6-22)31-17-10-20(11-18-31)19-30-15-12-21(13-16-30)24-9-8-23-7-4-14-28-26(23)29-24/h1-3,5-6,8-9,20-21,25H,4,7,10-19H2,(H,28,29)(H,32,33). The number of carboxylic acids is 1. The first kappa shape index (κ1) is 22.4. The van der Waals surface area contributed by atoms with Crippen molar-refractivity contribution in [1.29, 1.82) is 0 Å². The average Bonchev–Trinajstić information content (AvgIpc) is 2.86. The maximum Gasteiger partial charge on any atom is 0.325 e. The van der Waals surface area contributed by atoms with Crippen LogP contribution < -0.4 is 5.32 Å². The molecule has 176 valence electrons. The van der Waals surface area contributed by atoms with Crippen molar-refractivity contribution in [3.8, 4) is 0 Å². The van der Waals surface area contributed by atoms with Gasteiger partial charge in [-0.05, 0) is 87.8 Å². The Kier molecular flexibility index (Phi) is 6.93. The normalized spacial score (nSPS) is 21.8. The number of aryl methyl sites for hydroxylation is 1. The van der Waals surface area contributed by atoms with Crippen molar-refractivity contribution >= 4 is 11.8 Å². The lowest BCUT2D eigenvalue weighted by molar-refractivity contribution is -0.144. The van der Waals surface area contributed by atoms with E-state index in [4.69, 9.17) is 4.98 Å². The van der Waals surface area contributed by atoms with E-state index in [9.17, 15) is 9.90 Å². The molecule has 2 fully saturated rings. The highest BCUT2D eigenvalue weighted by atomic mass is 16.4. The Morgan fingerprint density at radius 1 is 1.03 bits per heavy atom. The molecule has 1 aromatic carbocycles. The van der Waals surface area contributed by atoms with Gasteiger partial charge in [-0.3, -0.25) is 9.69 Å². The van der Waals surface area contributed by atoms with Gasteiger partial charge in [-0.1, -0.05) is 36.4 Å². The fourth-order valence-electron chi connectivity index (χ4n) is 5.89. The number of fused-ring (bicyclic) bond motifs is 1. The fourth-order valence-corrected chi connectivity index (χ4v) is 5.89. The molecule has 6 heteroatoms. The van der Waals surface area contributed by atoms with Gasteiger partial charge in [-0.15, -0.1) is 0 Å². The molecule has 0 radical (unpaired) electrons. The molecule has 0 aliphatic carbocycles. The molecule has 5 rings (SSSR count). The topological polar surface area (TPSA) is 68.7 Å². The van der Waals surface area contributed by atoms with Crippen LogP contribution in [0.2, 0.25) is 0 Å². The van der Waals surface area contributed by atoms with E-state index < -0.39 is 12.0 Å². The van der Waals surface area contributed by atoms with Crippen molar-refractivity contribution in [2.24, 2.45) is 5.92 Å². The third-order valence-corrected chi connectivity index (χ3v) is 7.80. The highest BCUT2D eigenvalue weighted by Gasteiger charge is 2.32. The monoisotopic (exact) mass is 448 g/mol. The lowest BCUT2D eigenvalue weighted by Crippen LogP contribution is -2.44. The second-order valence-electron chi connectivity index (χ2n) is 9.98. The summed E-state index contributed by atoms with van der Waals surface area (Å²) < 4.78 is 0. The number of nitrogens with zero attached hydrogens (tertiary/aromatic N) is 3. The largest absolute Gasteiger partial charge is 0.480 e. The van der Waals surface area contributed by atoms with Crippen LogP contribution in [0.25, 0.3) is 0 Å². The Hall–Kier alpha value is -2.44. The predicted molar refractivity (Wildman–Crippen MR) is 131 cm³/mol.